The van der Waals surface area contributed by atoms with Crippen LogP contribution in [0.5, 0.6) is 0 Å². The second kappa shape index (κ2) is 5.92. The van der Waals surface area contributed by atoms with E-state index in [0.29, 0.717) is 22.5 Å². The number of amides is 1. The molecule has 0 aliphatic carbocycles. The van der Waals surface area contributed by atoms with Crippen LogP contribution in [0.25, 0.3) is 0 Å². The van der Waals surface area contributed by atoms with Crippen LogP contribution < -0.4 is 11.1 Å². The van der Waals surface area contributed by atoms with Crippen LogP contribution in [0, 0.1) is 21.8 Å². The molecule has 2 rings (SSSR count). The van der Waals surface area contributed by atoms with Gasteiger partial charge in [0.1, 0.15) is 0 Å². The predicted molar refractivity (Wildman–Crippen MR) is 87.4 cm³/mol. The van der Waals surface area contributed by atoms with Gasteiger partial charge in [0.2, 0.25) is 0 Å². The van der Waals surface area contributed by atoms with Crippen LogP contribution in [0.15, 0.2) is 36.4 Å². The monoisotopic (exact) mass is 377 g/mol. The van der Waals surface area contributed by atoms with Gasteiger partial charge in [-0.3, -0.25) is 4.79 Å². The van der Waals surface area contributed by atoms with Crippen LogP contribution in [0.3, 0.4) is 0 Å². The predicted octanol–water partition coefficient (Wildman–Crippen LogP) is 3.31. The molecule has 20 heavy (non-hydrogen) atoms. The zero-order chi connectivity index (χ0) is 14.7. The van der Waals surface area contributed by atoms with Crippen LogP contribution >= 0.6 is 22.6 Å². The van der Waals surface area contributed by atoms with E-state index in [1.807, 2.05) is 25.1 Å². The summed E-state index contributed by atoms with van der Waals surface area (Å²) in [6.45, 7) is 1.95. The summed E-state index contributed by atoms with van der Waals surface area (Å²) < 4.78 is 0.912. The minimum absolute atomic E-state index is 0.213. The normalized spacial score (nSPS) is 9.85. The molecule has 0 saturated heterocycles. The largest absolute Gasteiger partial charge is 0.397 e. The Bertz CT molecular complexity index is 720. The van der Waals surface area contributed by atoms with Gasteiger partial charge in [0.25, 0.3) is 5.91 Å². The van der Waals surface area contributed by atoms with Crippen molar-refractivity contribution in [2.75, 3.05) is 11.1 Å². The Morgan fingerprint density at radius 1 is 1.35 bits per heavy atom. The molecule has 2 aromatic carbocycles. The average molecular weight is 377 g/mol. The SMILES string of the molecule is Cc1cccc(C(=O)Nc2ccc(C#N)cc2N)c1I. The molecule has 0 aliphatic heterocycles. The fourth-order valence-electron chi connectivity index (χ4n) is 1.76. The van der Waals surface area contributed by atoms with Gasteiger partial charge in [0, 0.05) is 3.57 Å². The molecule has 0 atom stereocenters. The molecule has 0 radical (unpaired) electrons. The lowest BCUT2D eigenvalue weighted by molar-refractivity contribution is 0.102. The van der Waals surface area contributed by atoms with Gasteiger partial charge in [-0.05, 0) is 59.3 Å². The molecule has 5 heteroatoms. The van der Waals surface area contributed by atoms with Gasteiger partial charge in [-0.25, -0.2) is 0 Å². The summed E-state index contributed by atoms with van der Waals surface area (Å²) >= 11 is 2.15. The van der Waals surface area contributed by atoms with E-state index in [2.05, 4.69) is 27.9 Å². The fraction of sp³-hybridized carbons (Fsp3) is 0.0667. The number of benzene rings is 2. The highest BCUT2D eigenvalue weighted by Crippen LogP contribution is 2.22. The van der Waals surface area contributed by atoms with E-state index in [0.717, 1.165) is 9.13 Å². The van der Waals surface area contributed by atoms with Crippen molar-refractivity contribution in [3.8, 4) is 6.07 Å². The maximum atomic E-state index is 12.3. The third-order valence-corrected chi connectivity index (χ3v) is 4.30. The molecule has 0 unspecified atom stereocenters. The number of nitrogens with one attached hydrogen (secondary N) is 1. The fourth-order valence-corrected chi connectivity index (χ4v) is 2.36. The molecule has 0 fully saturated rings. The lowest BCUT2D eigenvalue weighted by atomic mass is 10.1. The summed E-state index contributed by atoms with van der Waals surface area (Å²) in [5.74, 6) is -0.213. The Labute approximate surface area is 130 Å². The topological polar surface area (TPSA) is 78.9 Å². The van der Waals surface area contributed by atoms with E-state index < -0.39 is 0 Å². The Morgan fingerprint density at radius 2 is 2.10 bits per heavy atom. The average Bonchev–Trinajstić information content (AvgIpc) is 2.44. The molecular weight excluding hydrogens is 365 g/mol. The number of halogens is 1. The van der Waals surface area contributed by atoms with Crippen molar-refractivity contribution in [1.29, 1.82) is 5.26 Å². The van der Waals surface area contributed by atoms with Crippen LogP contribution in [0.2, 0.25) is 0 Å². The quantitative estimate of drug-likeness (QED) is 0.623. The number of aryl methyl sites for hydroxylation is 1. The molecule has 1 amide bonds. The third kappa shape index (κ3) is 2.91. The summed E-state index contributed by atoms with van der Waals surface area (Å²) in [7, 11) is 0. The molecule has 0 saturated carbocycles. The van der Waals surface area contributed by atoms with Crippen molar-refractivity contribution >= 4 is 39.9 Å². The maximum Gasteiger partial charge on any atom is 0.256 e. The number of carbonyl (C=O) groups excluding carboxylic acids is 1. The number of rotatable bonds is 2. The van der Waals surface area contributed by atoms with Gasteiger partial charge in [-0.1, -0.05) is 12.1 Å². The first-order valence-electron chi connectivity index (χ1n) is 5.89. The second-order valence-electron chi connectivity index (χ2n) is 4.30. The summed E-state index contributed by atoms with van der Waals surface area (Å²) in [5, 5.41) is 11.6. The minimum atomic E-state index is -0.213. The van der Waals surface area contributed by atoms with E-state index in [4.69, 9.17) is 11.0 Å². The zero-order valence-corrected chi connectivity index (χ0v) is 12.9. The molecule has 0 bridgehead atoms. The van der Waals surface area contributed by atoms with Crippen molar-refractivity contribution in [3.05, 3.63) is 56.7 Å². The van der Waals surface area contributed by atoms with Gasteiger partial charge in [0.15, 0.2) is 0 Å². The number of anilines is 2. The van der Waals surface area contributed by atoms with E-state index in [9.17, 15) is 4.79 Å². The molecule has 0 heterocycles. The number of hydrogen-bond donors (Lipinski definition) is 2. The highest BCUT2D eigenvalue weighted by molar-refractivity contribution is 14.1. The number of nitriles is 1. The lowest BCUT2D eigenvalue weighted by Gasteiger charge is -2.10. The second-order valence-corrected chi connectivity index (χ2v) is 5.38. The van der Waals surface area contributed by atoms with E-state index in [1.165, 1.54) is 6.07 Å². The van der Waals surface area contributed by atoms with Gasteiger partial charge in [-0.2, -0.15) is 5.26 Å². The first-order valence-corrected chi connectivity index (χ1v) is 6.97. The van der Waals surface area contributed by atoms with Gasteiger partial charge in [0.05, 0.1) is 28.6 Å². The zero-order valence-electron chi connectivity index (χ0n) is 10.8. The first-order chi connectivity index (χ1) is 9.52. The molecule has 0 spiro atoms. The molecule has 0 aliphatic rings. The van der Waals surface area contributed by atoms with E-state index >= 15 is 0 Å². The van der Waals surface area contributed by atoms with Crippen LogP contribution in [-0.2, 0) is 0 Å². The number of nitrogens with two attached hydrogens (primary N) is 1. The van der Waals surface area contributed by atoms with Crippen LogP contribution in [0.1, 0.15) is 21.5 Å². The van der Waals surface area contributed by atoms with Gasteiger partial charge < -0.3 is 11.1 Å². The first kappa shape index (κ1) is 14.3. The van der Waals surface area contributed by atoms with Crippen molar-refractivity contribution in [1.82, 2.24) is 0 Å². The highest BCUT2D eigenvalue weighted by Gasteiger charge is 2.12. The Morgan fingerprint density at radius 3 is 2.75 bits per heavy atom. The minimum Gasteiger partial charge on any atom is -0.397 e. The summed E-state index contributed by atoms with van der Waals surface area (Å²) in [5.41, 5.74) is 8.82. The maximum absolute atomic E-state index is 12.3. The number of nitrogens with zero attached hydrogens (tertiary/aromatic N) is 1. The molecular formula is C15H12IN3O. The number of nitrogen functional groups attached to an aromatic ring is 1. The van der Waals surface area contributed by atoms with Gasteiger partial charge >= 0.3 is 0 Å². The summed E-state index contributed by atoms with van der Waals surface area (Å²) in [4.78, 5) is 12.3. The van der Waals surface area contributed by atoms with E-state index in [-0.39, 0.29) is 5.91 Å². The Balaban J connectivity index is 2.29. The standard InChI is InChI=1S/C15H12IN3O/c1-9-3-2-4-11(14(9)16)15(20)19-13-6-5-10(8-17)7-12(13)18/h2-7H,18H2,1H3,(H,19,20). The molecule has 0 aromatic heterocycles. The molecule has 3 N–H and O–H groups in total. The summed E-state index contributed by atoms with van der Waals surface area (Å²) in [6.07, 6.45) is 0. The smallest absolute Gasteiger partial charge is 0.256 e. The number of carbonyl (C=O) groups is 1. The van der Waals surface area contributed by atoms with Gasteiger partial charge in [-0.15, -0.1) is 0 Å². The Kier molecular flexibility index (Phi) is 4.25. The highest BCUT2D eigenvalue weighted by atomic mass is 127. The van der Waals surface area contributed by atoms with Crippen molar-refractivity contribution < 1.29 is 4.79 Å². The van der Waals surface area contributed by atoms with Crippen molar-refractivity contribution in [2.45, 2.75) is 6.92 Å². The number of hydrogen-bond acceptors (Lipinski definition) is 3. The van der Waals surface area contributed by atoms with Crippen molar-refractivity contribution in [2.24, 2.45) is 0 Å². The molecule has 2 aromatic rings. The van der Waals surface area contributed by atoms with E-state index in [1.54, 1.807) is 18.2 Å². The molecule has 4 nitrogen and oxygen atoms in total. The lowest BCUT2D eigenvalue weighted by Crippen LogP contribution is -2.15. The Hall–Kier alpha value is -2.07. The molecule has 100 valence electrons. The van der Waals surface area contributed by atoms with Crippen LogP contribution in [-0.4, -0.2) is 5.91 Å². The van der Waals surface area contributed by atoms with Crippen molar-refractivity contribution in [3.63, 3.8) is 0 Å². The van der Waals surface area contributed by atoms with Crippen LogP contribution in [0.4, 0.5) is 11.4 Å². The summed E-state index contributed by atoms with van der Waals surface area (Å²) in [6, 6.07) is 12.4. The third-order valence-electron chi connectivity index (χ3n) is 2.87.